The molecule has 0 aliphatic heterocycles. The minimum atomic E-state index is -4.60. The van der Waals surface area contributed by atoms with Crippen LogP contribution in [0.25, 0.3) is 0 Å². The van der Waals surface area contributed by atoms with Gasteiger partial charge in [-0.3, -0.25) is 4.79 Å². The molecule has 0 aromatic heterocycles. The predicted molar refractivity (Wildman–Crippen MR) is 46.6 cm³/mol. The van der Waals surface area contributed by atoms with Crippen molar-refractivity contribution in [2.75, 3.05) is 5.73 Å². The van der Waals surface area contributed by atoms with Gasteiger partial charge in [0.1, 0.15) is 7.85 Å². The molecule has 72 valence electrons. The summed E-state index contributed by atoms with van der Waals surface area (Å²) in [6.45, 7) is 0. The van der Waals surface area contributed by atoms with E-state index in [0.29, 0.717) is 6.07 Å². The number of aldehydes is 1. The number of nitrogen functional groups attached to an aromatic ring is 1. The Morgan fingerprint density at radius 2 is 1.93 bits per heavy atom. The average Bonchev–Trinajstić information content (AvgIpc) is 2.07. The second-order valence-electron chi connectivity index (χ2n) is 2.68. The average molecular weight is 199 g/mol. The van der Waals surface area contributed by atoms with Gasteiger partial charge in [0.15, 0.2) is 6.29 Å². The highest BCUT2D eigenvalue weighted by atomic mass is 19.4. The lowest BCUT2D eigenvalue weighted by molar-refractivity contribution is -0.137. The first-order valence-corrected chi connectivity index (χ1v) is 3.57. The molecule has 0 amide bonds. The summed E-state index contributed by atoms with van der Waals surface area (Å²) >= 11 is 0. The highest BCUT2D eigenvalue weighted by Gasteiger charge is 2.33. The van der Waals surface area contributed by atoms with Crippen LogP contribution in [0.2, 0.25) is 0 Å². The first-order chi connectivity index (χ1) is 6.36. The van der Waals surface area contributed by atoms with Gasteiger partial charge in [-0.1, -0.05) is 11.5 Å². The largest absolute Gasteiger partial charge is 0.417 e. The van der Waals surface area contributed by atoms with Gasteiger partial charge in [-0.05, 0) is 6.07 Å². The van der Waals surface area contributed by atoms with E-state index in [-0.39, 0.29) is 17.4 Å². The highest BCUT2D eigenvalue weighted by Crippen LogP contribution is 2.31. The van der Waals surface area contributed by atoms with E-state index in [0.717, 1.165) is 6.07 Å². The van der Waals surface area contributed by atoms with E-state index < -0.39 is 17.3 Å². The molecule has 2 N–H and O–H groups in total. The summed E-state index contributed by atoms with van der Waals surface area (Å²) in [6.07, 6.45) is -4.50. The number of nitrogens with two attached hydrogens (primary N) is 1. The number of hydrogen-bond acceptors (Lipinski definition) is 2. The van der Waals surface area contributed by atoms with Gasteiger partial charge in [-0.25, -0.2) is 0 Å². The number of alkyl halides is 3. The maximum Gasteiger partial charge on any atom is 0.417 e. The van der Waals surface area contributed by atoms with Crippen LogP contribution in [0.4, 0.5) is 18.9 Å². The predicted octanol–water partition coefficient (Wildman–Crippen LogP) is 0.894. The third kappa shape index (κ3) is 1.89. The Morgan fingerprint density at radius 1 is 1.36 bits per heavy atom. The molecule has 0 fully saturated rings. The Labute approximate surface area is 79.3 Å². The molecule has 0 aliphatic rings. The van der Waals surface area contributed by atoms with Gasteiger partial charge in [0, 0.05) is 11.3 Å². The van der Waals surface area contributed by atoms with Crippen LogP contribution in [-0.2, 0) is 6.18 Å². The smallest absolute Gasteiger partial charge is 0.399 e. The van der Waals surface area contributed by atoms with Crippen LogP contribution in [0.15, 0.2) is 12.1 Å². The lowest BCUT2D eigenvalue weighted by atomic mass is 9.90. The first kappa shape index (κ1) is 10.6. The van der Waals surface area contributed by atoms with Gasteiger partial charge in [0.05, 0.1) is 5.56 Å². The number of hydrogen-bond donors (Lipinski definition) is 1. The van der Waals surface area contributed by atoms with Crippen molar-refractivity contribution in [2.45, 2.75) is 6.18 Å². The molecule has 0 unspecified atom stereocenters. The summed E-state index contributed by atoms with van der Waals surface area (Å²) in [7, 11) is 5.20. The molecule has 6 heteroatoms. The number of benzene rings is 1. The van der Waals surface area contributed by atoms with Crippen LogP contribution >= 0.6 is 0 Å². The third-order valence-electron chi connectivity index (χ3n) is 1.69. The molecular weight excluding hydrogens is 194 g/mol. The zero-order valence-corrected chi connectivity index (χ0v) is 6.93. The highest BCUT2D eigenvalue weighted by molar-refractivity contribution is 6.35. The van der Waals surface area contributed by atoms with Gasteiger partial charge >= 0.3 is 6.18 Å². The van der Waals surface area contributed by atoms with Crippen molar-refractivity contribution < 1.29 is 18.0 Å². The number of carbonyl (C=O) groups excluding carboxylic acids is 1. The Balaban J connectivity index is 3.42. The Morgan fingerprint density at radius 3 is 2.36 bits per heavy atom. The molecule has 1 rings (SSSR count). The van der Waals surface area contributed by atoms with Crippen LogP contribution in [0.3, 0.4) is 0 Å². The van der Waals surface area contributed by atoms with Crippen LogP contribution in [0, 0.1) is 0 Å². The Kier molecular flexibility index (Phi) is 2.55. The zero-order valence-electron chi connectivity index (χ0n) is 6.93. The summed E-state index contributed by atoms with van der Waals surface area (Å²) < 4.78 is 36.9. The minimum Gasteiger partial charge on any atom is -0.399 e. The first-order valence-electron chi connectivity index (χ1n) is 3.57. The van der Waals surface area contributed by atoms with Gasteiger partial charge in [0.25, 0.3) is 0 Å². The summed E-state index contributed by atoms with van der Waals surface area (Å²) in [5.41, 5.74) is 3.44. The molecule has 0 spiro atoms. The van der Waals surface area contributed by atoms with Gasteiger partial charge in [0.2, 0.25) is 0 Å². The number of carbonyl (C=O) groups is 1. The second kappa shape index (κ2) is 3.36. The molecule has 0 saturated carbocycles. The van der Waals surface area contributed by atoms with Gasteiger partial charge < -0.3 is 5.73 Å². The molecule has 14 heavy (non-hydrogen) atoms. The zero-order chi connectivity index (χ0) is 10.9. The van der Waals surface area contributed by atoms with Crippen molar-refractivity contribution in [2.24, 2.45) is 0 Å². The summed E-state index contributed by atoms with van der Waals surface area (Å²) in [5.74, 6) is 0. The van der Waals surface area contributed by atoms with Crippen LogP contribution in [0.1, 0.15) is 15.9 Å². The molecule has 1 aromatic carbocycles. The topological polar surface area (TPSA) is 43.1 Å². The minimum absolute atomic E-state index is 0.0416. The second-order valence-corrected chi connectivity index (χ2v) is 2.68. The molecular formula is C8H5BF3NO. The molecule has 0 aliphatic carbocycles. The van der Waals surface area contributed by atoms with E-state index in [2.05, 4.69) is 0 Å². The fourth-order valence-corrected chi connectivity index (χ4v) is 0.994. The Bertz CT molecular complexity index is 376. The molecule has 1 aromatic rings. The van der Waals surface area contributed by atoms with E-state index in [9.17, 15) is 18.0 Å². The van der Waals surface area contributed by atoms with Crippen molar-refractivity contribution in [1.82, 2.24) is 0 Å². The molecule has 2 nitrogen and oxygen atoms in total. The van der Waals surface area contributed by atoms with Crippen molar-refractivity contribution >= 4 is 25.3 Å². The molecule has 0 saturated heterocycles. The number of halogens is 3. The van der Waals surface area contributed by atoms with Gasteiger partial charge in [-0.2, -0.15) is 13.2 Å². The number of rotatable bonds is 1. The van der Waals surface area contributed by atoms with E-state index in [1.807, 2.05) is 0 Å². The van der Waals surface area contributed by atoms with Crippen molar-refractivity contribution in [3.63, 3.8) is 0 Å². The molecule has 2 radical (unpaired) electrons. The lowest BCUT2D eigenvalue weighted by Crippen LogP contribution is -2.17. The van der Waals surface area contributed by atoms with Crippen molar-refractivity contribution in [3.8, 4) is 0 Å². The van der Waals surface area contributed by atoms with Gasteiger partial charge in [-0.15, -0.1) is 0 Å². The molecule has 0 atom stereocenters. The van der Waals surface area contributed by atoms with Crippen LogP contribution in [0.5, 0.6) is 0 Å². The summed E-state index contributed by atoms with van der Waals surface area (Å²) in [6, 6.07) is 1.56. The molecule has 0 heterocycles. The monoisotopic (exact) mass is 199 g/mol. The fraction of sp³-hybridized carbons (Fsp3) is 0.125. The quantitative estimate of drug-likeness (QED) is 0.414. The van der Waals surface area contributed by atoms with Crippen molar-refractivity contribution in [3.05, 3.63) is 23.3 Å². The third-order valence-corrected chi connectivity index (χ3v) is 1.69. The maximum atomic E-state index is 12.3. The standard InChI is InChI=1S/C8H5BF3NO/c9-6-2-5(8(10,11)12)4(3-14)1-7(6)13/h1-3H,13H2. The van der Waals surface area contributed by atoms with Crippen LogP contribution in [-0.4, -0.2) is 14.1 Å². The van der Waals surface area contributed by atoms with E-state index in [1.165, 1.54) is 0 Å². The molecule has 0 bridgehead atoms. The summed E-state index contributed by atoms with van der Waals surface area (Å²) in [5, 5.41) is 0. The lowest BCUT2D eigenvalue weighted by Gasteiger charge is -2.11. The fourth-order valence-electron chi connectivity index (χ4n) is 0.994. The van der Waals surface area contributed by atoms with Crippen molar-refractivity contribution in [1.29, 1.82) is 0 Å². The van der Waals surface area contributed by atoms with E-state index in [1.54, 1.807) is 0 Å². The number of anilines is 1. The van der Waals surface area contributed by atoms with Crippen LogP contribution < -0.4 is 11.2 Å². The Hall–Kier alpha value is -1.46. The summed E-state index contributed by atoms with van der Waals surface area (Å²) in [4.78, 5) is 10.3. The normalized spacial score (nSPS) is 11.4. The SMILES string of the molecule is [B]c1cc(C(F)(F)F)c(C=O)cc1N. The van der Waals surface area contributed by atoms with E-state index in [4.69, 9.17) is 13.6 Å². The maximum absolute atomic E-state index is 12.3. The van der Waals surface area contributed by atoms with E-state index >= 15 is 0 Å².